The molecular weight excluding hydrogens is 636 g/mol. The fraction of sp³-hybridized carbons (Fsp3) is 0.317. The van der Waals surface area contributed by atoms with Gasteiger partial charge >= 0.3 is 0 Å². The number of benzene rings is 4. The summed E-state index contributed by atoms with van der Waals surface area (Å²) in [5, 5.41) is 6.67. The number of allylic oxidation sites excluding steroid dienone is 2. The van der Waals surface area contributed by atoms with Gasteiger partial charge in [0.05, 0.1) is 5.92 Å². The van der Waals surface area contributed by atoms with Gasteiger partial charge in [0, 0.05) is 28.6 Å². The third-order valence-electron chi connectivity index (χ3n) is 9.42. The van der Waals surface area contributed by atoms with Gasteiger partial charge in [-0.25, -0.2) is 0 Å². The zero-order valence-corrected chi connectivity index (χ0v) is 29.8. The molecule has 1 aliphatic carbocycles. The van der Waals surface area contributed by atoms with E-state index in [-0.39, 0.29) is 11.8 Å². The van der Waals surface area contributed by atoms with E-state index in [1.54, 1.807) is 12.1 Å². The number of halogens is 1. The van der Waals surface area contributed by atoms with Crippen molar-refractivity contribution in [2.24, 2.45) is 11.3 Å². The van der Waals surface area contributed by atoms with E-state index in [1.165, 1.54) is 17.6 Å². The molecule has 4 aromatic rings. The summed E-state index contributed by atoms with van der Waals surface area (Å²) in [5.41, 5.74) is 9.31. The smallest absolute Gasteiger partial charge is 0.251 e. The minimum Gasteiger partial charge on any atom is -0.351 e. The molecule has 250 valence electrons. The molecule has 0 unspecified atom stereocenters. The number of aryl methyl sites for hydroxylation is 1. The third kappa shape index (κ3) is 9.19. The number of rotatable bonds is 11. The van der Waals surface area contributed by atoms with E-state index in [0.29, 0.717) is 52.7 Å². The van der Waals surface area contributed by atoms with E-state index in [4.69, 9.17) is 16.2 Å². The Morgan fingerprint density at radius 3 is 2.23 bits per heavy atom. The lowest BCUT2D eigenvalue weighted by atomic mass is 9.72. The highest BCUT2D eigenvalue weighted by Crippen LogP contribution is 2.40. The Bertz CT molecular complexity index is 1740. The highest BCUT2D eigenvalue weighted by atomic mass is 35.5. The lowest BCUT2D eigenvalue weighted by Gasteiger charge is -2.33. The molecule has 5 nitrogen and oxygen atoms in total. The van der Waals surface area contributed by atoms with E-state index in [2.05, 4.69) is 61.7 Å². The largest absolute Gasteiger partial charge is 0.351 e. The molecule has 0 aliphatic heterocycles. The molecule has 0 saturated heterocycles. The number of carbonyl (C=O) groups is 2. The van der Waals surface area contributed by atoms with Crippen LogP contribution in [0, 0.1) is 18.3 Å². The van der Waals surface area contributed by atoms with E-state index in [9.17, 15) is 9.59 Å². The van der Waals surface area contributed by atoms with Crippen molar-refractivity contribution in [3.05, 3.63) is 130 Å². The van der Waals surface area contributed by atoms with Crippen molar-refractivity contribution in [3.8, 4) is 11.1 Å². The molecule has 0 heterocycles. The molecule has 2 amide bonds. The Labute approximate surface area is 294 Å². The van der Waals surface area contributed by atoms with Gasteiger partial charge in [-0.05, 0) is 131 Å². The second-order valence-electron chi connectivity index (χ2n) is 13.8. The molecule has 0 spiro atoms. The molecule has 0 bridgehead atoms. The Hall–Kier alpha value is -3.84. The zero-order valence-electron chi connectivity index (χ0n) is 28.2. The molecule has 1 aliphatic rings. The summed E-state index contributed by atoms with van der Waals surface area (Å²) in [6.45, 7) is 9.40. The molecule has 7 heteroatoms. The Morgan fingerprint density at radius 2 is 1.62 bits per heavy atom. The van der Waals surface area contributed by atoms with Crippen LogP contribution in [0.25, 0.3) is 16.7 Å². The van der Waals surface area contributed by atoms with Crippen LogP contribution in [0.1, 0.15) is 78.6 Å². The van der Waals surface area contributed by atoms with E-state index >= 15 is 0 Å². The standard InChI is InChI=1S/C41H45ClN2O3S/c1-27-25-35(42)19-22-37(27)31-15-20-36(21-16-31)44-40(46)38(26-28-5-7-33(8-6-28)39(45)43-23-24-48-47)32-11-9-29(10-12-32)30-13-17-34(18-14-30)41(2,3)4/h5-13,15-16,19-22,25,34,38,47H,14,17-18,23-24,26H2,1-4H3,(H,43,45)(H,44,46)/t34-,38-/m1/s1. The maximum absolute atomic E-state index is 14.0. The number of hydrogen-bond donors (Lipinski definition) is 3. The summed E-state index contributed by atoms with van der Waals surface area (Å²) in [6.07, 6.45) is 6.22. The fourth-order valence-electron chi connectivity index (χ4n) is 6.43. The van der Waals surface area contributed by atoms with Gasteiger partial charge in [0.2, 0.25) is 5.91 Å². The van der Waals surface area contributed by atoms with Crippen molar-refractivity contribution in [1.29, 1.82) is 0 Å². The molecule has 2 atom stereocenters. The predicted molar refractivity (Wildman–Crippen MR) is 202 cm³/mol. The average Bonchev–Trinajstić information content (AvgIpc) is 3.08. The van der Waals surface area contributed by atoms with Gasteiger partial charge in [0.25, 0.3) is 5.91 Å². The minimum atomic E-state index is -0.441. The monoisotopic (exact) mass is 680 g/mol. The lowest BCUT2D eigenvalue weighted by Crippen LogP contribution is -2.25. The molecule has 0 saturated carbocycles. The van der Waals surface area contributed by atoms with Crippen LogP contribution in [-0.4, -0.2) is 28.7 Å². The Balaban J connectivity index is 1.35. The first-order valence-corrected chi connectivity index (χ1v) is 17.9. The normalized spacial score (nSPS) is 15.4. The third-order valence-corrected chi connectivity index (χ3v) is 10.0. The highest BCUT2D eigenvalue weighted by Gasteiger charge is 2.27. The summed E-state index contributed by atoms with van der Waals surface area (Å²) in [5.74, 6) is 0.395. The second-order valence-corrected chi connectivity index (χ2v) is 14.9. The predicted octanol–water partition coefficient (Wildman–Crippen LogP) is 10.4. The van der Waals surface area contributed by atoms with Gasteiger partial charge < -0.3 is 15.2 Å². The summed E-state index contributed by atoms with van der Waals surface area (Å²) in [4.78, 5) is 26.5. The number of amides is 2. The van der Waals surface area contributed by atoms with Crippen molar-refractivity contribution in [2.75, 3.05) is 17.6 Å². The fourth-order valence-corrected chi connectivity index (χ4v) is 6.85. The maximum Gasteiger partial charge on any atom is 0.251 e. The van der Waals surface area contributed by atoms with Crippen LogP contribution in [0.3, 0.4) is 0 Å². The van der Waals surface area contributed by atoms with Crippen LogP contribution in [0.5, 0.6) is 0 Å². The first kappa shape index (κ1) is 35.5. The summed E-state index contributed by atoms with van der Waals surface area (Å²) in [7, 11) is 0. The van der Waals surface area contributed by atoms with Gasteiger partial charge in [0.1, 0.15) is 0 Å². The quantitative estimate of drug-likeness (QED) is 0.109. The van der Waals surface area contributed by atoms with Crippen LogP contribution in [0.2, 0.25) is 5.02 Å². The molecule has 5 rings (SSSR count). The van der Waals surface area contributed by atoms with Crippen LogP contribution < -0.4 is 10.6 Å². The number of carbonyl (C=O) groups excluding carboxylic acids is 2. The van der Waals surface area contributed by atoms with Gasteiger partial charge in [0.15, 0.2) is 0 Å². The van der Waals surface area contributed by atoms with Crippen LogP contribution in [0.4, 0.5) is 5.69 Å². The van der Waals surface area contributed by atoms with Gasteiger partial charge in [-0.3, -0.25) is 9.59 Å². The van der Waals surface area contributed by atoms with Crippen molar-refractivity contribution in [3.63, 3.8) is 0 Å². The first-order chi connectivity index (χ1) is 23.0. The van der Waals surface area contributed by atoms with Crippen molar-refractivity contribution in [1.82, 2.24) is 5.32 Å². The summed E-state index contributed by atoms with van der Waals surface area (Å²) in [6, 6.07) is 29.6. The van der Waals surface area contributed by atoms with Crippen molar-refractivity contribution in [2.45, 2.75) is 59.3 Å². The molecule has 48 heavy (non-hydrogen) atoms. The maximum atomic E-state index is 14.0. The average molecular weight is 681 g/mol. The molecule has 0 radical (unpaired) electrons. The molecule has 3 N–H and O–H groups in total. The summed E-state index contributed by atoms with van der Waals surface area (Å²) >= 11 is 6.86. The Morgan fingerprint density at radius 1 is 0.938 bits per heavy atom. The topological polar surface area (TPSA) is 78.4 Å². The molecule has 0 aromatic heterocycles. The zero-order chi connectivity index (χ0) is 34.3. The van der Waals surface area contributed by atoms with Crippen molar-refractivity contribution >= 4 is 46.7 Å². The van der Waals surface area contributed by atoms with E-state index < -0.39 is 5.92 Å². The molecule has 4 aromatic carbocycles. The van der Waals surface area contributed by atoms with Crippen LogP contribution in [-0.2, 0) is 11.2 Å². The number of hydrogen-bond acceptors (Lipinski definition) is 4. The number of anilines is 1. The van der Waals surface area contributed by atoms with Gasteiger partial charge in [-0.1, -0.05) is 93.0 Å². The SMILES string of the molecule is Cc1cc(Cl)ccc1-c1ccc(NC(=O)[C@H](Cc2ccc(C(=O)NCCSO)cc2)c2ccc(C3=CC[C@@H](C(C)(C)C)CC3)cc2)cc1. The molecular formula is C41H45ClN2O3S. The van der Waals surface area contributed by atoms with E-state index in [1.807, 2.05) is 61.5 Å². The van der Waals surface area contributed by atoms with Crippen LogP contribution in [0.15, 0.2) is 97.1 Å². The molecule has 0 fully saturated rings. The minimum absolute atomic E-state index is 0.0913. The highest BCUT2D eigenvalue weighted by molar-refractivity contribution is 7.93. The lowest BCUT2D eigenvalue weighted by molar-refractivity contribution is -0.117. The Kier molecular flexibility index (Phi) is 11.9. The summed E-state index contributed by atoms with van der Waals surface area (Å²) < 4.78 is 8.92. The van der Waals surface area contributed by atoms with Crippen molar-refractivity contribution < 1.29 is 14.1 Å². The van der Waals surface area contributed by atoms with Crippen LogP contribution >= 0.6 is 23.6 Å². The first-order valence-electron chi connectivity index (χ1n) is 16.6. The number of nitrogens with one attached hydrogen (secondary N) is 2. The van der Waals surface area contributed by atoms with Gasteiger partial charge in [-0.2, -0.15) is 0 Å². The second kappa shape index (κ2) is 16.0. The van der Waals surface area contributed by atoms with Gasteiger partial charge in [-0.15, -0.1) is 0 Å². The van der Waals surface area contributed by atoms with E-state index in [0.717, 1.165) is 46.3 Å².